The maximum absolute atomic E-state index is 12.5. The van der Waals surface area contributed by atoms with Gasteiger partial charge in [0, 0.05) is 30.1 Å². The summed E-state index contributed by atoms with van der Waals surface area (Å²) in [7, 11) is 0. The zero-order chi connectivity index (χ0) is 14.0. The van der Waals surface area contributed by atoms with Crippen LogP contribution in [0.25, 0.3) is 0 Å². The number of hydrogen-bond donors (Lipinski definition) is 2. The predicted octanol–water partition coefficient (Wildman–Crippen LogP) is 1.86. The Morgan fingerprint density at radius 1 is 1.58 bits per heavy atom. The molecule has 1 aliphatic heterocycles. The second-order valence-electron chi connectivity index (χ2n) is 4.79. The number of anilines is 1. The number of rotatable bonds is 3. The van der Waals surface area contributed by atoms with E-state index in [4.69, 9.17) is 5.73 Å². The summed E-state index contributed by atoms with van der Waals surface area (Å²) in [5, 5.41) is 9.77. The number of aliphatic hydroxyl groups excluding tert-OH is 1. The fourth-order valence-electron chi connectivity index (χ4n) is 2.38. The lowest BCUT2D eigenvalue weighted by Gasteiger charge is -2.35. The van der Waals surface area contributed by atoms with Crippen LogP contribution in [0.15, 0.2) is 6.20 Å². The number of aromatic nitrogens is 1. The molecule has 8 heteroatoms. The standard InChI is InChI=1S/C11H16F3N3OS/c12-11(13,14)9(18)7-2-1-3-17(5-7)6-8-4-16-10(15)19-8/h4,7,9,18H,1-3,5-6H2,(H2,15,16). The molecule has 2 atom stereocenters. The van der Waals surface area contributed by atoms with Crippen LogP contribution in [0.4, 0.5) is 18.3 Å². The molecule has 1 fully saturated rings. The van der Waals surface area contributed by atoms with E-state index in [1.54, 1.807) is 6.20 Å². The van der Waals surface area contributed by atoms with Gasteiger partial charge in [-0.05, 0) is 19.4 Å². The molecule has 4 nitrogen and oxygen atoms in total. The average Bonchev–Trinajstić information content (AvgIpc) is 2.73. The number of aliphatic hydroxyl groups is 1. The minimum Gasteiger partial charge on any atom is -0.383 e. The minimum absolute atomic E-state index is 0.248. The number of nitrogens with zero attached hydrogens (tertiary/aromatic N) is 2. The predicted molar refractivity (Wildman–Crippen MR) is 66.6 cm³/mol. The molecule has 108 valence electrons. The number of thiazole rings is 1. The minimum atomic E-state index is -4.54. The zero-order valence-corrected chi connectivity index (χ0v) is 11.0. The number of alkyl halides is 3. The van der Waals surface area contributed by atoms with Gasteiger partial charge >= 0.3 is 6.18 Å². The van der Waals surface area contributed by atoms with E-state index in [0.29, 0.717) is 24.5 Å². The highest BCUT2D eigenvalue weighted by Crippen LogP contribution is 2.31. The molecule has 0 amide bonds. The lowest BCUT2D eigenvalue weighted by atomic mass is 9.92. The van der Waals surface area contributed by atoms with Crippen LogP contribution in [0.5, 0.6) is 0 Å². The van der Waals surface area contributed by atoms with Gasteiger partial charge in [-0.3, -0.25) is 4.90 Å². The third-order valence-electron chi connectivity index (χ3n) is 3.27. The van der Waals surface area contributed by atoms with Crippen molar-refractivity contribution in [3.05, 3.63) is 11.1 Å². The van der Waals surface area contributed by atoms with Gasteiger partial charge in [0.1, 0.15) is 0 Å². The average molecular weight is 295 g/mol. The van der Waals surface area contributed by atoms with E-state index in [9.17, 15) is 18.3 Å². The third kappa shape index (κ3) is 3.80. The molecule has 0 saturated carbocycles. The summed E-state index contributed by atoms with van der Waals surface area (Å²) in [6.07, 6.45) is -4.07. The van der Waals surface area contributed by atoms with Crippen molar-refractivity contribution in [2.45, 2.75) is 31.7 Å². The molecule has 1 aliphatic rings. The van der Waals surface area contributed by atoms with Gasteiger partial charge in [-0.25, -0.2) is 4.98 Å². The summed E-state index contributed by atoms with van der Waals surface area (Å²) in [5.74, 6) is -0.751. The molecular formula is C11H16F3N3OS. The zero-order valence-electron chi connectivity index (χ0n) is 10.2. The molecule has 2 unspecified atom stereocenters. The second kappa shape index (κ2) is 5.64. The Kier molecular flexibility index (Phi) is 4.32. The van der Waals surface area contributed by atoms with Crippen molar-refractivity contribution in [1.29, 1.82) is 0 Å². The molecule has 2 heterocycles. The van der Waals surface area contributed by atoms with Crippen LogP contribution < -0.4 is 5.73 Å². The van der Waals surface area contributed by atoms with Gasteiger partial charge in [-0.1, -0.05) is 0 Å². The summed E-state index contributed by atoms with van der Waals surface area (Å²) in [6, 6.07) is 0. The fraction of sp³-hybridized carbons (Fsp3) is 0.727. The fourth-order valence-corrected chi connectivity index (χ4v) is 3.10. The van der Waals surface area contributed by atoms with Gasteiger partial charge in [0.25, 0.3) is 0 Å². The van der Waals surface area contributed by atoms with Crippen LogP contribution in [-0.2, 0) is 6.54 Å². The largest absolute Gasteiger partial charge is 0.414 e. The highest BCUT2D eigenvalue weighted by atomic mass is 32.1. The van der Waals surface area contributed by atoms with Crippen molar-refractivity contribution >= 4 is 16.5 Å². The van der Waals surface area contributed by atoms with Gasteiger partial charge in [0.05, 0.1) is 0 Å². The Balaban J connectivity index is 1.94. The molecule has 0 aromatic carbocycles. The topological polar surface area (TPSA) is 62.4 Å². The summed E-state index contributed by atoms with van der Waals surface area (Å²) >= 11 is 1.34. The van der Waals surface area contributed by atoms with Gasteiger partial charge in [-0.2, -0.15) is 13.2 Å². The summed E-state index contributed by atoms with van der Waals surface area (Å²) in [5.41, 5.74) is 5.52. The highest BCUT2D eigenvalue weighted by Gasteiger charge is 2.44. The van der Waals surface area contributed by atoms with Crippen molar-refractivity contribution < 1.29 is 18.3 Å². The number of nitrogens with two attached hydrogens (primary N) is 1. The summed E-state index contributed by atoms with van der Waals surface area (Å²) < 4.78 is 37.5. The SMILES string of the molecule is Nc1ncc(CN2CCCC(C(O)C(F)(F)F)C2)s1. The van der Waals surface area contributed by atoms with Crippen molar-refractivity contribution in [3.63, 3.8) is 0 Å². The Morgan fingerprint density at radius 3 is 2.89 bits per heavy atom. The highest BCUT2D eigenvalue weighted by molar-refractivity contribution is 7.15. The molecule has 2 rings (SSSR count). The van der Waals surface area contributed by atoms with Crippen LogP contribution >= 0.6 is 11.3 Å². The van der Waals surface area contributed by atoms with Gasteiger partial charge in [0.2, 0.25) is 0 Å². The maximum atomic E-state index is 12.5. The molecule has 0 aliphatic carbocycles. The van der Waals surface area contributed by atoms with E-state index < -0.39 is 18.2 Å². The van der Waals surface area contributed by atoms with E-state index >= 15 is 0 Å². The first-order valence-corrected chi connectivity index (χ1v) is 6.85. The smallest absolute Gasteiger partial charge is 0.383 e. The van der Waals surface area contributed by atoms with Crippen molar-refractivity contribution in [2.75, 3.05) is 18.8 Å². The van der Waals surface area contributed by atoms with Crippen molar-refractivity contribution in [2.24, 2.45) is 5.92 Å². The number of nitrogen functional groups attached to an aromatic ring is 1. The lowest BCUT2D eigenvalue weighted by Crippen LogP contribution is -2.45. The van der Waals surface area contributed by atoms with E-state index in [-0.39, 0.29) is 6.54 Å². The molecular weight excluding hydrogens is 279 g/mol. The Hall–Kier alpha value is -0.860. The first-order valence-electron chi connectivity index (χ1n) is 6.03. The number of halogens is 3. The first kappa shape index (κ1) is 14.5. The Labute approximate surface area is 113 Å². The van der Waals surface area contributed by atoms with E-state index in [0.717, 1.165) is 11.4 Å². The molecule has 3 N–H and O–H groups in total. The van der Waals surface area contributed by atoms with E-state index in [1.807, 2.05) is 4.90 Å². The van der Waals surface area contributed by atoms with Gasteiger partial charge in [-0.15, -0.1) is 11.3 Å². The van der Waals surface area contributed by atoms with Crippen LogP contribution in [0, 0.1) is 5.92 Å². The lowest BCUT2D eigenvalue weighted by molar-refractivity contribution is -0.223. The molecule has 0 radical (unpaired) electrons. The van der Waals surface area contributed by atoms with Gasteiger partial charge < -0.3 is 10.8 Å². The quantitative estimate of drug-likeness (QED) is 0.893. The van der Waals surface area contributed by atoms with Gasteiger partial charge in [0.15, 0.2) is 11.2 Å². The van der Waals surface area contributed by atoms with Crippen LogP contribution in [0.2, 0.25) is 0 Å². The molecule has 1 aromatic heterocycles. The monoisotopic (exact) mass is 295 g/mol. The Bertz CT molecular complexity index is 424. The van der Waals surface area contributed by atoms with Crippen molar-refractivity contribution in [1.82, 2.24) is 9.88 Å². The van der Waals surface area contributed by atoms with Crippen LogP contribution in [-0.4, -0.2) is 40.4 Å². The third-order valence-corrected chi connectivity index (χ3v) is 4.09. The van der Waals surface area contributed by atoms with Crippen molar-refractivity contribution in [3.8, 4) is 0 Å². The van der Waals surface area contributed by atoms with Crippen LogP contribution in [0.3, 0.4) is 0 Å². The summed E-state index contributed by atoms with van der Waals surface area (Å²) in [6.45, 7) is 1.52. The van der Waals surface area contributed by atoms with Crippen LogP contribution in [0.1, 0.15) is 17.7 Å². The molecule has 0 bridgehead atoms. The van der Waals surface area contributed by atoms with E-state index in [2.05, 4.69) is 4.98 Å². The maximum Gasteiger partial charge on any atom is 0.414 e. The summed E-state index contributed by atoms with van der Waals surface area (Å²) in [4.78, 5) is 6.76. The first-order chi connectivity index (χ1) is 8.86. The normalized spacial score (nSPS) is 23.5. The molecule has 0 spiro atoms. The number of piperidine rings is 1. The second-order valence-corrected chi connectivity index (χ2v) is 5.94. The number of likely N-dealkylation sites (tertiary alicyclic amines) is 1. The molecule has 1 saturated heterocycles. The molecule has 19 heavy (non-hydrogen) atoms. The van der Waals surface area contributed by atoms with E-state index in [1.165, 1.54) is 11.3 Å². The Morgan fingerprint density at radius 2 is 2.32 bits per heavy atom. The molecule has 1 aromatic rings. The number of hydrogen-bond acceptors (Lipinski definition) is 5.